The monoisotopic (exact) mass is 262 g/mol. The summed E-state index contributed by atoms with van der Waals surface area (Å²) in [6.45, 7) is 5.45. The van der Waals surface area contributed by atoms with Crippen LogP contribution in [0.15, 0.2) is 12.4 Å². The number of anilines is 2. The number of nitrogens with one attached hydrogen (secondary N) is 1. The average molecular weight is 262 g/mol. The summed E-state index contributed by atoms with van der Waals surface area (Å²) in [5.74, 6) is 2.75. The first-order valence-electron chi connectivity index (χ1n) is 7.49. The van der Waals surface area contributed by atoms with E-state index in [-0.39, 0.29) is 0 Å². The molecule has 1 heterocycles. The molecule has 106 valence electrons. The van der Waals surface area contributed by atoms with Gasteiger partial charge >= 0.3 is 0 Å². The maximum absolute atomic E-state index is 4.66. The van der Waals surface area contributed by atoms with E-state index in [1.54, 1.807) is 6.20 Å². The van der Waals surface area contributed by atoms with Gasteiger partial charge in [0.15, 0.2) is 0 Å². The Balaban J connectivity index is 1.99. The number of hydrogen-bond acceptors (Lipinski definition) is 4. The molecule has 19 heavy (non-hydrogen) atoms. The van der Waals surface area contributed by atoms with E-state index in [0.29, 0.717) is 6.04 Å². The van der Waals surface area contributed by atoms with Crippen LogP contribution < -0.4 is 10.2 Å². The minimum absolute atomic E-state index is 0.618. The molecule has 1 fully saturated rings. The fourth-order valence-corrected chi connectivity index (χ4v) is 2.68. The summed E-state index contributed by atoms with van der Waals surface area (Å²) in [4.78, 5) is 11.3. The van der Waals surface area contributed by atoms with Crippen LogP contribution in [-0.4, -0.2) is 29.6 Å². The number of rotatable bonds is 5. The van der Waals surface area contributed by atoms with Crippen molar-refractivity contribution in [3.63, 3.8) is 0 Å². The quantitative estimate of drug-likeness (QED) is 0.884. The van der Waals surface area contributed by atoms with E-state index in [9.17, 15) is 0 Å². The summed E-state index contributed by atoms with van der Waals surface area (Å²) < 4.78 is 0. The standard InChI is InChI=1S/C15H26N4/c1-4-9-17-14-10-16-11-15(18-14)19(3)13-7-5-12(2)6-8-13/h10-13H,4-9H2,1-3H3,(H,17,18). The molecule has 0 radical (unpaired) electrons. The fraction of sp³-hybridized carbons (Fsp3) is 0.733. The molecule has 0 atom stereocenters. The second-order valence-electron chi connectivity index (χ2n) is 5.71. The summed E-state index contributed by atoms with van der Waals surface area (Å²) in [5.41, 5.74) is 0. The molecule has 4 heteroatoms. The maximum atomic E-state index is 4.66. The molecule has 0 aromatic carbocycles. The highest BCUT2D eigenvalue weighted by Crippen LogP contribution is 2.28. The first-order valence-corrected chi connectivity index (χ1v) is 7.49. The first-order chi connectivity index (χ1) is 9.20. The van der Waals surface area contributed by atoms with Gasteiger partial charge in [-0.2, -0.15) is 0 Å². The van der Waals surface area contributed by atoms with E-state index < -0.39 is 0 Å². The van der Waals surface area contributed by atoms with Gasteiger partial charge < -0.3 is 10.2 Å². The molecule has 1 aromatic heterocycles. The molecule has 0 spiro atoms. The Kier molecular flexibility index (Phi) is 5.00. The lowest BCUT2D eigenvalue weighted by Crippen LogP contribution is -2.35. The molecule has 0 saturated heterocycles. The van der Waals surface area contributed by atoms with Crippen LogP contribution in [0.2, 0.25) is 0 Å². The van der Waals surface area contributed by atoms with Crippen molar-refractivity contribution in [1.82, 2.24) is 9.97 Å². The Morgan fingerprint density at radius 3 is 2.68 bits per heavy atom. The lowest BCUT2D eigenvalue weighted by Gasteiger charge is -2.34. The predicted octanol–water partition coefficient (Wildman–Crippen LogP) is 3.31. The third-order valence-electron chi connectivity index (χ3n) is 4.07. The van der Waals surface area contributed by atoms with E-state index >= 15 is 0 Å². The van der Waals surface area contributed by atoms with E-state index in [2.05, 4.69) is 41.1 Å². The number of hydrogen-bond donors (Lipinski definition) is 1. The van der Waals surface area contributed by atoms with Crippen molar-refractivity contribution in [3.05, 3.63) is 12.4 Å². The van der Waals surface area contributed by atoms with Crippen LogP contribution in [0, 0.1) is 5.92 Å². The highest BCUT2D eigenvalue weighted by Gasteiger charge is 2.22. The molecule has 1 aliphatic rings. The van der Waals surface area contributed by atoms with Crippen LogP contribution in [0.5, 0.6) is 0 Å². The van der Waals surface area contributed by atoms with Crippen molar-refractivity contribution in [3.8, 4) is 0 Å². The van der Waals surface area contributed by atoms with Gasteiger partial charge in [-0.05, 0) is 38.0 Å². The van der Waals surface area contributed by atoms with Crippen molar-refractivity contribution in [2.45, 2.75) is 52.0 Å². The van der Waals surface area contributed by atoms with Crippen LogP contribution in [0.25, 0.3) is 0 Å². The van der Waals surface area contributed by atoms with Gasteiger partial charge in [0.05, 0.1) is 12.4 Å². The van der Waals surface area contributed by atoms with Crippen molar-refractivity contribution < 1.29 is 0 Å². The summed E-state index contributed by atoms with van der Waals surface area (Å²) >= 11 is 0. The smallest absolute Gasteiger partial charge is 0.149 e. The normalized spacial score (nSPS) is 23.1. The SMILES string of the molecule is CCCNc1cncc(N(C)C2CCC(C)CC2)n1. The Hall–Kier alpha value is -1.32. The Bertz CT molecular complexity index is 385. The second kappa shape index (κ2) is 6.73. The average Bonchev–Trinajstić information content (AvgIpc) is 2.45. The molecule has 1 aliphatic carbocycles. The zero-order valence-corrected chi connectivity index (χ0v) is 12.4. The molecule has 0 aliphatic heterocycles. The van der Waals surface area contributed by atoms with Crippen LogP contribution in [0.3, 0.4) is 0 Å². The topological polar surface area (TPSA) is 41.1 Å². The van der Waals surface area contributed by atoms with Gasteiger partial charge in [-0.1, -0.05) is 13.8 Å². The van der Waals surface area contributed by atoms with Gasteiger partial charge in [-0.3, -0.25) is 4.98 Å². The van der Waals surface area contributed by atoms with Gasteiger partial charge in [0, 0.05) is 19.6 Å². The lowest BCUT2D eigenvalue weighted by atomic mass is 9.87. The van der Waals surface area contributed by atoms with Crippen LogP contribution >= 0.6 is 0 Å². The summed E-state index contributed by atoms with van der Waals surface area (Å²) in [5, 5.41) is 3.30. The second-order valence-corrected chi connectivity index (χ2v) is 5.71. The third kappa shape index (κ3) is 3.82. The van der Waals surface area contributed by atoms with Crippen LogP contribution in [0.1, 0.15) is 46.0 Å². The van der Waals surface area contributed by atoms with Crippen molar-refractivity contribution in [1.29, 1.82) is 0 Å². The highest BCUT2D eigenvalue weighted by atomic mass is 15.2. The summed E-state index contributed by atoms with van der Waals surface area (Å²) in [7, 11) is 2.15. The fourth-order valence-electron chi connectivity index (χ4n) is 2.68. The van der Waals surface area contributed by atoms with Crippen molar-refractivity contribution in [2.75, 3.05) is 23.8 Å². The Labute approximate surface area is 116 Å². The van der Waals surface area contributed by atoms with Crippen molar-refractivity contribution >= 4 is 11.6 Å². The Morgan fingerprint density at radius 2 is 2.00 bits per heavy atom. The molecular formula is C15H26N4. The van der Waals surface area contributed by atoms with Gasteiger partial charge in [-0.25, -0.2) is 4.98 Å². The van der Waals surface area contributed by atoms with Crippen LogP contribution in [-0.2, 0) is 0 Å². The van der Waals surface area contributed by atoms with E-state index in [1.165, 1.54) is 25.7 Å². The molecule has 4 nitrogen and oxygen atoms in total. The molecule has 1 saturated carbocycles. The Morgan fingerprint density at radius 1 is 1.26 bits per heavy atom. The largest absolute Gasteiger partial charge is 0.369 e. The van der Waals surface area contributed by atoms with E-state index in [0.717, 1.165) is 30.5 Å². The molecular weight excluding hydrogens is 236 g/mol. The molecule has 1 aromatic rings. The van der Waals surface area contributed by atoms with E-state index in [1.807, 2.05) is 6.20 Å². The minimum Gasteiger partial charge on any atom is -0.369 e. The minimum atomic E-state index is 0.618. The highest BCUT2D eigenvalue weighted by molar-refractivity contribution is 5.44. The van der Waals surface area contributed by atoms with Gasteiger partial charge in [0.25, 0.3) is 0 Å². The van der Waals surface area contributed by atoms with Gasteiger partial charge in [0.2, 0.25) is 0 Å². The summed E-state index contributed by atoms with van der Waals surface area (Å²) in [6.07, 6.45) is 9.97. The molecule has 0 bridgehead atoms. The van der Waals surface area contributed by atoms with Gasteiger partial charge in [-0.15, -0.1) is 0 Å². The predicted molar refractivity (Wildman–Crippen MR) is 80.6 cm³/mol. The molecule has 0 amide bonds. The van der Waals surface area contributed by atoms with Gasteiger partial charge in [0.1, 0.15) is 11.6 Å². The molecule has 1 N–H and O–H groups in total. The zero-order chi connectivity index (χ0) is 13.7. The van der Waals surface area contributed by atoms with Crippen LogP contribution in [0.4, 0.5) is 11.6 Å². The summed E-state index contributed by atoms with van der Waals surface area (Å²) in [6, 6.07) is 0.618. The maximum Gasteiger partial charge on any atom is 0.149 e. The lowest BCUT2D eigenvalue weighted by molar-refractivity contribution is 0.340. The van der Waals surface area contributed by atoms with Crippen molar-refractivity contribution in [2.24, 2.45) is 5.92 Å². The molecule has 2 rings (SSSR count). The van der Waals surface area contributed by atoms with E-state index in [4.69, 9.17) is 0 Å². The third-order valence-corrected chi connectivity index (χ3v) is 4.07. The number of aromatic nitrogens is 2. The zero-order valence-electron chi connectivity index (χ0n) is 12.4. The molecule has 0 unspecified atom stereocenters. The number of nitrogens with zero attached hydrogens (tertiary/aromatic N) is 3. The first kappa shape index (κ1) is 14.1.